The zero-order valence-corrected chi connectivity index (χ0v) is 15.1. The number of sulfonamides is 1. The van der Waals surface area contributed by atoms with Crippen molar-refractivity contribution in [3.8, 4) is 6.07 Å². The van der Waals surface area contributed by atoms with Gasteiger partial charge in [0.1, 0.15) is 10.7 Å². The van der Waals surface area contributed by atoms with Crippen LogP contribution in [0, 0.1) is 17.1 Å². The van der Waals surface area contributed by atoms with Crippen molar-refractivity contribution in [2.45, 2.75) is 4.90 Å². The van der Waals surface area contributed by atoms with Gasteiger partial charge in [0.15, 0.2) is 0 Å². The van der Waals surface area contributed by atoms with Gasteiger partial charge in [-0.25, -0.2) is 17.6 Å². The van der Waals surface area contributed by atoms with E-state index in [4.69, 9.17) is 5.26 Å². The molecule has 2 aromatic carbocycles. The minimum Gasteiger partial charge on any atom is -0.322 e. The van der Waals surface area contributed by atoms with Crippen molar-refractivity contribution in [2.75, 3.05) is 31.5 Å². The summed E-state index contributed by atoms with van der Waals surface area (Å²) in [6.07, 6.45) is 0. The first kappa shape index (κ1) is 18.8. The number of carbonyl (C=O) groups is 1. The van der Waals surface area contributed by atoms with Gasteiger partial charge >= 0.3 is 6.03 Å². The number of nitrogens with zero attached hydrogens (tertiary/aromatic N) is 3. The number of nitrogens with one attached hydrogen (secondary N) is 1. The summed E-state index contributed by atoms with van der Waals surface area (Å²) in [7, 11) is -3.94. The van der Waals surface area contributed by atoms with E-state index in [1.54, 1.807) is 24.3 Å². The second-order valence-electron chi connectivity index (χ2n) is 5.94. The molecule has 140 valence electrons. The fraction of sp³-hybridized carbons (Fsp3) is 0.222. The Kier molecular flexibility index (Phi) is 5.39. The van der Waals surface area contributed by atoms with Crippen molar-refractivity contribution in [2.24, 2.45) is 0 Å². The summed E-state index contributed by atoms with van der Waals surface area (Å²) in [5, 5.41) is 11.5. The van der Waals surface area contributed by atoms with E-state index in [2.05, 4.69) is 5.32 Å². The number of rotatable bonds is 3. The third-order valence-corrected chi connectivity index (χ3v) is 6.18. The number of halogens is 1. The molecule has 1 heterocycles. The molecule has 0 aliphatic carbocycles. The van der Waals surface area contributed by atoms with E-state index < -0.39 is 15.8 Å². The molecule has 0 unspecified atom stereocenters. The highest BCUT2D eigenvalue weighted by atomic mass is 32.2. The molecule has 2 aromatic rings. The lowest BCUT2D eigenvalue weighted by atomic mass is 10.2. The minimum atomic E-state index is -3.94. The Balaban J connectivity index is 1.62. The number of piperazine rings is 1. The van der Waals surface area contributed by atoms with E-state index in [0.717, 1.165) is 6.07 Å². The number of nitriles is 1. The highest BCUT2D eigenvalue weighted by Gasteiger charge is 2.31. The van der Waals surface area contributed by atoms with Crippen LogP contribution in [0.3, 0.4) is 0 Å². The van der Waals surface area contributed by atoms with E-state index in [-0.39, 0.29) is 37.1 Å². The van der Waals surface area contributed by atoms with Crippen molar-refractivity contribution in [1.29, 1.82) is 5.26 Å². The molecule has 1 aliphatic rings. The second kappa shape index (κ2) is 7.73. The molecule has 1 N–H and O–H groups in total. The summed E-state index contributed by atoms with van der Waals surface area (Å²) in [5.74, 6) is -0.793. The van der Waals surface area contributed by atoms with Crippen LogP contribution in [0.4, 0.5) is 14.9 Å². The number of anilines is 1. The van der Waals surface area contributed by atoms with Crippen LogP contribution in [0.25, 0.3) is 0 Å². The number of hydrogen-bond donors (Lipinski definition) is 1. The molecule has 0 saturated carbocycles. The van der Waals surface area contributed by atoms with Crippen LogP contribution in [-0.2, 0) is 10.0 Å². The predicted octanol–water partition coefficient (Wildman–Crippen LogP) is 2.24. The molecule has 3 rings (SSSR count). The van der Waals surface area contributed by atoms with Gasteiger partial charge in [-0.15, -0.1) is 0 Å². The van der Waals surface area contributed by atoms with E-state index in [1.807, 2.05) is 6.07 Å². The van der Waals surface area contributed by atoms with Crippen molar-refractivity contribution in [3.63, 3.8) is 0 Å². The fourth-order valence-electron chi connectivity index (χ4n) is 2.76. The monoisotopic (exact) mass is 388 g/mol. The molecule has 2 amide bonds. The zero-order chi connectivity index (χ0) is 19.4. The summed E-state index contributed by atoms with van der Waals surface area (Å²) < 4.78 is 40.2. The third-order valence-electron chi connectivity index (χ3n) is 4.25. The molecule has 0 bridgehead atoms. The van der Waals surface area contributed by atoms with Crippen molar-refractivity contribution in [1.82, 2.24) is 9.21 Å². The molecule has 1 aliphatic heterocycles. The van der Waals surface area contributed by atoms with E-state index in [1.165, 1.54) is 27.4 Å². The van der Waals surface area contributed by atoms with Crippen LogP contribution in [0.2, 0.25) is 0 Å². The van der Waals surface area contributed by atoms with Gasteiger partial charge in [-0.1, -0.05) is 12.1 Å². The van der Waals surface area contributed by atoms with Gasteiger partial charge < -0.3 is 10.2 Å². The molecule has 0 atom stereocenters. The Labute approximate surface area is 156 Å². The smallest absolute Gasteiger partial charge is 0.321 e. The van der Waals surface area contributed by atoms with Crippen LogP contribution in [0.1, 0.15) is 5.56 Å². The lowest BCUT2D eigenvalue weighted by Gasteiger charge is -2.34. The Bertz CT molecular complexity index is 978. The lowest BCUT2D eigenvalue weighted by molar-refractivity contribution is 0.184. The molecule has 1 saturated heterocycles. The molecule has 27 heavy (non-hydrogen) atoms. The molecule has 9 heteroatoms. The average molecular weight is 388 g/mol. The van der Waals surface area contributed by atoms with Crippen molar-refractivity contribution < 1.29 is 17.6 Å². The average Bonchev–Trinajstić information content (AvgIpc) is 2.69. The standard InChI is InChI=1S/C18H17FN4O3S/c19-16-3-1-2-4-17(16)27(25,26)23-11-9-22(10-12-23)18(24)21-15-7-5-14(13-20)6-8-15/h1-8H,9-12H2,(H,21,24). The zero-order valence-electron chi connectivity index (χ0n) is 14.3. The maximum atomic E-state index is 13.8. The largest absolute Gasteiger partial charge is 0.322 e. The topological polar surface area (TPSA) is 93.5 Å². The molecule has 0 aromatic heterocycles. The SMILES string of the molecule is N#Cc1ccc(NC(=O)N2CCN(S(=O)(=O)c3ccccc3F)CC2)cc1. The van der Waals surface area contributed by atoms with Crippen LogP contribution < -0.4 is 5.32 Å². The predicted molar refractivity (Wildman–Crippen MR) is 96.9 cm³/mol. The number of urea groups is 1. The first-order valence-electron chi connectivity index (χ1n) is 8.22. The van der Waals surface area contributed by atoms with Crippen LogP contribution in [0.15, 0.2) is 53.4 Å². The Morgan fingerprint density at radius 3 is 2.26 bits per heavy atom. The van der Waals surface area contributed by atoms with E-state index in [9.17, 15) is 17.6 Å². The van der Waals surface area contributed by atoms with Gasteiger partial charge in [-0.2, -0.15) is 9.57 Å². The van der Waals surface area contributed by atoms with Gasteiger partial charge in [0.05, 0.1) is 11.6 Å². The lowest BCUT2D eigenvalue weighted by Crippen LogP contribution is -2.51. The van der Waals surface area contributed by atoms with Crippen LogP contribution in [-0.4, -0.2) is 49.8 Å². The number of benzene rings is 2. The van der Waals surface area contributed by atoms with Gasteiger partial charge in [-0.3, -0.25) is 0 Å². The maximum Gasteiger partial charge on any atom is 0.321 e. The fourth-order valence-corrected chi connectivity index (χ4v) is 4.24. The quantitative estimate of drug-likeness (QED) is 0.873. The van der Waals surface area contributed by atoms with Crippen molar-refractivity contribution >= 4 is 21.7 Å². The normalized spacial score (nSPS) is 15.2. The number of hydrogen-bond acceptors (Lipinski definition) is 4. The third kappa shape index (κ3) is 4.07. The maximum absolute atomic E-state index is 13.8. The van der Waals surface area contributed by atoms with Crippen LogP contribution >= 0.6 is 0 Å². The molecule has 0 spiro atoms. The van der Waals surface area contributed by atoms with Gasteiger partial charge in [0.25, 0.3) is 0 Å². The molecule has 7 nitrogen and oxygen atoms in total. The summed E-state index contributed by atoms with van der Waals surface area (Å²) in [6, 6.07) is 13.3. The molecular weight excluding hydrogens is 371 g/mol. The van der Waals surface area contributed by atoms with E-state index >= 15 is 0 Å². The first-order chi connectivity index (χ1) is 12.9. The summed E-state index contributed by atoms with van der Waals surface area (Å²) in [4.78, 5) is 13.5. The van der Waals surface area contributed by atoms with E-state index in [0.29, 0.717) is 11.3 Å². The molecule has 0 radical (unpaired) electrons. The Morgan fingerprint density at radius 1 is 1.04 bits per heavy atom. The summed E-state index contributed by atoms with van der Waals surface area (Å²) >= 11 is 0. The molecular formula is C18H17FN4O3S. The Hall–Kier alpha value is -2.96. The Morgan fingerprint density at radius 2 is 1.67 bits per heavy atom. The highest BCUT2D eigenvalue weighted by molar-refractivity contribution is 7.89. The second-order valence-corrected chi connectivity index (χ2v) is 7.85. The minimum absolute atomic E-state index is 0.0808. The van der Waals surface area contributed by atoms with Gasteiger partial charge in [-0.05, 0) is 36.4 Å². The first-order valence-corrected chi connectivity index (χ1v) is 9.66. The van der Waals surface area contributed by atoms with Gasteiger partial charge in [0.2, 0.25) is 10.0 Å². The number of carbonyl (C=O) groups excluding carboxylic acids is 1. The number of amides is 2. The van der Waals surface area contributed by atoms with Gasteiger partial charge in [0, 0.05) is 31.9 Å². The summed E-state index contributed by atoms with van der Waals surface area (Å²) in [6.45, 7) is 0.542. The summed E-state index contributed by atoms with van der Waals surface area (Å²) in [5.41, 5.74) is 1.03. The van der Waals surface area contributed by atoms with Crippen LogP contribution in [0.5, 0.6) is 0 Å². The highest BCUT2D eigenvalue weighted by Crippen LogP contribution is 2.20. The molecule has 1 fully saturated rings. The van der Waals surface area contributed by atoms with Crippen molar-refractivity contribution in [3.05, 3.63) is 59.9 Å².